The molecule has 1 atom stereocenters. The average Bonchev–Trinajstić information content (AvgIpc) is 2.76. The number of hydrazone groups is 1. The summed E-state index contributed by atoms with van der Waals surface area (Å²) in [6, 6.07) is 11.5. The van der Waals surface area contributed by atoms with E-state index in [0.717, 1.165) is 0 Å². The van der Waals surface area contributed by atoms with E-state index in [-0.39, 0.29) is 11.8 Å². The summed E-state index contributed by atoms with van der Waals surface area (Å²) < 4.78 is 11.6. The van der Waals surface area contributed by atoms with Crippen molar-refractivity contribution < 1.29 is 19.1 Å². The summed E-state index contributed by atoms with van der Waals surface area (Å²) in [4.78, 5) is 25.0. The van der Waals surface area contributed by atoms with Gasteiger partial charge < -0.3 is 14.8 Å². The van der Waals surface area contributed by atoms with Crippen molar-refractivity contribution in [2.45, 2.75) is 19.9 Å². The highest BCUT2D eigenvalue weighted by Gasteiger charge is 2.24. The fourth-order valence-corrected chi connectivity index (χ4v) is 3.26. The fourth-order valence-electron chi connectivity index (χ4n) is 2.69. The van der Waals surface area contributed by atoms with Crippen LogP contribution in [0.1, 0.15) is 29.8 Å². The van der Waals surface area contributed by atoms with Gasteiger partial charge in [0.05, 0.1) is 17.8 Å². The topological polar surface area (TPSA) is 89.0 Å². The Balaban J connectivity index is 2.07. The number of carbonyl (C=O) groups excluding carboxylic acids is 2. The molecule has 0 radical (unpaired) electrons. The predicted molar refractivity (Wildman–Crippen MR) is 125 cm³/mol. The zero-order valence-electron chi connectivity index (χ0n) is 17.7. The predicted octanol–water partition coefficient (Wildman–Crippen LogP) is 3.93. The van der Waals surface area contributed by atoms with Crippen molar-refractivity contribution in [3.05, 3.63) is 70.7 Å². The van der Waals surface area contributed by atoms with Crippen LogP contribution in [0.15, 0.2) is 64.7 Å². The molecule has 0 saturated heterocycles. The molecule has 7 nitrogen and oxygen atoms in total. The van der Waals surface area contributed by atoms with Crippen molar-refractivity contribution in [2.24, 2.45) is 11.0 Å². The molecule has 2 aromatic rings. The van der Waals surface area contributed by atoms with Crippen molar-refractivity contribution in [1.29, 1.82) is 0 Å². The molecular formula is C23H26BrN3O4. The summed E-state index contributed by atoms with van der Waals surface area (Å²) in [6.07, 6.45) is 3.12. The molecule has 31 heavy (non-hydrogen) atoms. The Morgan fingerprint density at radius 2 is 1.94 bits per heavy atom. The maximum Gasteiger partial charge on any atom is 0.262 e. The summed E-state index contributed by atoms with van der Waals surface area (Å²) in [5.41, 5.74) is 3.66. The normalized spacial score (nSPS) is 11.8. The van der Waals surface area contributed by atoms with Crippen LogP contribution in [0.25, 0.3) is 0 Å². The molecule has 0 fully saturated rings. The van der Waals surface area contributed by atoms with Crippen molar-refractivity contribution in [1.82, 2.24) is 10.7 Å². The Hall–Kier alpha value is -3.13. The first-order valence-corrected chi connectivity index (χ1v) is 10.5. The average molecular weight is 488 g/mol. The molecule has 0 aromatic heterocycles. The van der Waals surface area contributed by atoms with Crippen LogP contribution in [-0.4, -0.2) is 37.8 Å². The van der Waals surface area contributed by atoms with Gasteiger partial charge in [-0.15, -0.1) is 0 Å². The molecule has 8 heteroatoms. The molecule has 2 rings (SSSR count). The molecule has 2 aromatic carbocycles. The minimum atomic E-state index is -0.735. The van der Waals surface area contributed by atoms with Crippen molar-refractivity contribution in [3.8, 4) is 11.5 Å². The molecule has 0 spiro atoms. The van der Waals surface area contributed by atoms with Crippen LogP contribution in [0.4, 0.5) is 0 Å². The summed E-state index contributed by atoms with van der Waals surface area (Å²) >= 11 is 3.45. The van der Waals surface area contributed by atoms with Crippen LogP contribution in [0.5, 0.6) is 11.5 Å². The molecular weight excluding hydrogens is 462 g/mol. The van der Waals surface area contributed by atoms with Crippen LogP contribution in [0.3, 0.4) is 0 Å². The first-order chi connectivity index (χ1) is 14.9. The maximum absolute atomic E-state index is 12.6. The SMILES string of the molecule is C=CCOc1c(Br)cc(/C=N/NC(=O)C(NC(=O)c2ccccc2)C(C)C)cc1OC. The van der Waals surface area contributed by atoms with Crippen LogP contribution in [0, 0.1) is 5.92 Å². The lowest BCUT2D eigenvalue weighted by atomic mass is 10.0. The molecule has 0 saturated carbocycles. The van der Waals surface area contributed by atoms with E-state index in [1.807, 2.05) is 19.9 Å². The number of methoxy groups -OCH3 is 1. The number of halogens is 1. The fraction of sp³-hybridized carbons (Fsp3) is 0.261. The van der Waals surface area contributed by atoms with Gasteiger partial charge >= 0.3 is 0 Å². The molecule has 1 unspecified atom stereocenters. The van der Waals surface area contributed by atoms with Gasteiger partial charge in [0.1, 0.15) is 12.6 Å². The maximum atomic E-state index is 12.6. The first-order valence-electron chi connectivity index (χ1n) is 9.67. The van der Waals surface area contributed by atoms with Crippen LogP contribution in [-0.2, 0) is 4.79 Å². The lowest BCUT2D eigenvalue weighted by Gasteiger charge is -2.20. The minimum Gasteiger partial charge on any atom is -0.493 e. The quantitative estimate of drug-likeness (QED) is 0.302. The van der Waals surface area contributed by atoms with Crippen LogP contribution >= 0.6 is 15.9 Å². The van der Waals surface area contributed by atoms with E-state index in [4.69, 9.17) is 9.47 Å². The van der Waals surface area contributed by atoms with Gasteiger partial charge in [-0.1, -0.05) is 44.7 Å². The summed E-state index contributed by atoms with van der Waals surface area (Å²) in [7, 11) is 1.54. The highest BCUT2D eigenvalue weighted by molar-refractivity contribution is 9.10. The molecule has 0 aliphatic carbocycles. The Labute approximate surface area is 190 Å². The number of carbonyl (C=O) groups is 2. The van der Waals surface area contributed by atoms with Gasteiger partial charge in [0.25, 0.3) is 11.8 Å². The Morgan fingerprint density at radius 3 is 2.55 bits per heavy atom. The minimum absolute atomic E-state index is 0.126. The zero-order chi connectivity index (χ0) is 22.8. The van der Waals surface area contributed by atoms with E-state index >= 15 is 0 Å². The number of amides is 2. The van der Waals surface area contributed by atoms with Crippen molar-refractivity contribution >= 4 is 34.0 Å². The third-order valence-corrected chi connectivity index (χ3v) is 4.85. The van der Waals surface area contributed by atoms with Gasteiger partial charge in [0, 0.05) is 5.56 Å². The van der Waals surface area contributed by atoms with E-state index < -0.39 is 11.9 Å². The van der Waals surface area contributed by atoms with Crippen LogP contribution in [0.2, 0.25) is 0 Å². The van der Waals surface area contributed by atoms with E-state index in [0.29, 0.717) is 33.7 Å². The molecule has 0 aliphatic rings. The number of rotatable bonds is 10. The molecule has 0 aliphatic heterocycles. The van der Waals surface area contributed by atoms with Crippen molar-refractivity contribution in [3.63, 3.8) is 0 Å². The van der Waals surface area contributed by atoms with E-state index in [2.05, 4.69) is 38.4 Å². The number of ether oxygens (including phenoxy) is 2. The second kappa shape index (κ2) is 11.9. The second-order valence-electron chi connectivity index (χ2n) is 6.93. The first kappa shape index (κ1) is 24.1. The van der Waals surface area contributed by atoms with E-state index in [1.165, 1.54) is 13.3 Å². The van der Waals surface area contributed by atoms with Gasteiger partial charge in [0.2, 0.25) is 0 Å². The highest BCUT2D eigenvalue weighted by Crippen LogP contribution is 2.36. The van der Waals surface area contributed by atoms with Gasteiger partial charge in [0.15, 0.2) is 11.5 Å². The number of hydrogen-bond acceptors (Lipinski definition) is 5. The smallest absolute Gasteiger partial charge is 0.262 e. The number of benzene rings is 2. The molecule has 0 heterocycles. The van der Waals surface area contributed by atoms with Gasteiger partial charge in [-0.05, 0) is 51.7 Å². The van der Waals surface area contributed by atoms with Gasteiger partial charge in [-0.3, -0.25) is 9.59 Å². The second-order valence-corrected chi connectivity index (χ2v) is 7.78. The summed E-state index contributed by atoms with van der Waals surface area (Å²) in [5, 5.41) is 6.78. The molecule has 2 amide bonds. The number of hydrogen-bond donors (Lipinski definition) is 2. The Morgan fingerprint density at radius 1 is 1.23 bits per heavy atom. The van der Waals surface area contributed by atoms with Gasteiger partial charge in [-0.2, -0.15) is 5.10 Å². The number of nitrogens with one attached hydrogen (secondary N) is 2. The molecule has 0 bridgehead atoms. The third kappa shape index (κ3) is 6.96. The monoisotopic (exact) mass is 487 g/mol. The standard InChI is InChI=1S/C23H26BrN3O4/c1-5-11-31-21-18(24)12-16(13-19(21)30-4)14-25-27-23(29)20(15(2)3)26-22(28)17-9-7-6-8-10-17/h5-10,12-15,20H,1,11H2,2-4H3,(H,26,28)(H,27,29)/b25-14+. The lowest BCUT2D eigenvalue weighted by molar-refractivity contribution is -0.123. The van der Waals surface area contributed by atoms with Crippen LogP contribution < -0.4 is 20.2 Å². The Bertz CT molecular complexity index is 945. The highest BCUT2D eigenvalue weighted by atomic mass is 79.9. The van der Waals surface area contributed by atoms with E-state index in [1.54, 1.807) is 42.5 Å². The lowest BCUT2D eigenvalue weighted by Crippen LogP contribution is -2.48. The van der Waals surface area contributed by atoms with Crippen molar-refractivity contribution in [2.75, 3.05) is 13.7 Å². The molecule has 164 valence electrons. The number of nitrogens with zero attached hydrogens (tertiary/aromatic N) is 1. The zero-order valence-corrected chi connectivity index (χ0v) is 19.3. The Kier molecular flexibility index (Phi) is 9.27. The largest absolute Gasteiger partial charge is 0.493 e. The van der Waals surface area contributed by atoms with Gasteiger partial charge in [-0.25, -0.2) is 5.43 Å². The summed E-state index contributed by atoms with van der Waals surface area (Å²) in [5.74, 6) is 0.208. The van der Waals surface area contributed by atoms with E-state index in [9.17, 15) is 9.59 Å². The third-order valence-electron chi connectivity index (χ3n) is 4.26. The molecule has 2 N–H and O–H groups in total. The summed E-state index contributed by atoms with van der Waals surface area (Å²) in [6.45, 7) is 7.67.